The fourth-order valence-corrected chi connectivity index (χ4v) is 3.04. The average molecular weight is 402 g/mol. The topological polar surface area (TPSA) is 59.9 Å². The summed E-state index contributed by atoms with van der Waals surface area (Å²) in [6, 6.07) is 19.3. The molecule has 0 aliphatic carbocycles. The number of amides is 1. The van der Waals surface area contributed by atoms with E-state index in [9.17, 15) is 4.79 Å². The number of hydrogen-bond donors (Lipinski definition) is 1. The standard InChI is InChI=1S/C25H26N2O3/c1-17-6-5-7-21(13-17)27-25(28)16-30-23-11-9-20(14-24(23)29-4)15-26-22-10-8-18(2)12-19(22)3/h5-15H,16H2,1-4H3,(H,27,28). The SMILES string of the molecule is COc1cc(C=Nc2ccc(C)cc2C)ccc1OCC(=O)Nc1cccc(C)c1. The number of aliphatic imine (C=N–C) groups is 1. The Morgan fingerprint density at radius 3 is 2.50 bits per heavy atom. The quantitative estimate of drug-likeness (QED) is 0.539. The molecule has 0 unspecified atom stereocenters. The molecule has 1 N–H and O–H groups in total. The summed E-state index contributed by atoms with van der Waals surface area (Å²) in [4.78, 5) is 16.7. The van der Waals surface area contributed by atoms with Crippen molar-refractivity contribution in [3.63, 3.8) is 0 Å². The van der Waals surface area contributed by atoms with Crippen molar-refractivity contribution in [2.24, 2.45) is 4.99 Å². The molecule has 0 heterocycles. The Hall–Kier alpha value is -3.60. The van der Waals surface area contributed by atoms with Crippen LogP contribution in [0.2, 0.25) is 0 Å². The van der Waals surface area contributed by atoms with Crippen LogP contribution in [0.1, 0.15) is 22.3 Å². The number of nitrogens with one attached hydrogen (secondary N) is 1. The van der Waals surface area contributed by atoms with Gasteiger partial charge in [-0.2, -0.15) is 0 Å². The number of anilines is 1. The molecule has 3 aromatic rings. The first-order chi connectivity index (χ1) is 14.4. The van der Waals surface area contributed by atoms with Crippen LogP contribution in [-0.2, 0) is 4.79 Å². The van der Waals surface area contributed by atoms with Gasteiger partial charge >= 0.3 is 0 Å². The predicted octanol–water partition coefficient (Wildman–Crippen LogP) is 5.39. The van der Waals surface area contributed by atoms with E-state index in [2.05, 4.69) is 23.3 Å². The fourth-order valence-electron chi connectivity index (χ4n) is 3.04. The number of nitrogens with zero attached hydrogens (tertiary/aromatic N) is 1. The van der Waals surface area contributed by atoms with E-state index >= 15 is 0 Å². The van der Waals surface area contributed by atoms with E-state index in [1.165, 1.54) is 5.56 Å². The Morgan fingerprint density at radius 2 is 1.77 bits per heavy atom. The summed E-state index contributed by atoms with van der Waals surface area (Å²) in [5.74, 6) is 0.812. The number of carbonyl (C=O) groups is 1. The van der Waals surface area contributed by atoms with Gasteiger partial charge in [-0.3, -0.25) is 9.79 Å². The minimum atomic E-state index is -0.233. The van der Waals surface area contributed by atoms with Gasteiger partial charge < -0.3 is 14.8 Å². The number of methoxy groups -OCH3 is 1. The van der Waals surface area contributed by atoms with Crippen molar-refractivity contribution in [3.8, 4) is 11.5 Å². The number of ether oxygens (including phenoxy) is 2. The lowest BCUT2D eigenvalue weighted by molar-refractivity contribution is -0.118. The highest BCUT2D eigenvalue weighted by atomic mass is 16.5. The largest absolute Gasteiger partial charge is 0.493 e. The molecule has 0 aliphatic heterocycles. The summed E-state index contributed by atoms with van der Waals surface area (Å²) in [6.07, 6.45) is 1.79. The van der Waals surface area contributed by atoms with Crippen molar-refractivity contribution in [2.45, 2.75) is 20.8 Å². The summed E-state index contributed by atoms with van der Waals surface area (Å²) < 4.78 is 11.1. The predicted molar refractivity (Wildman–Crippen MR) is 121 cm³/mol. The molecule has 0 aromatic heterocycles. The Balaban J connectivity index is 1.65. The second-order valence-corrected chi connectivity index (χ2v) is 7.16. The summed E-state index contributed by atoms with van der Waals surface area (Å²) in [5.41, 5.74) is 5.96. The van der Waals surface area contributed by atoms with Crippen LogP contribution in [0.4, 0.5) is 11.4 Å². The van der Waals surface area contributed by atoms with Crippen LogP contribution in [0.5, 0.6) is 11.5 Å². The molecule has 0 atom stereocenters. The number of carbonyl (C=O) groups excluding carboxylic acids is 1. The number of aryl methyl sites for hydroxylation is 3. The zero-order valence-corrected chi connectivity index (χ0v) is 17.7. The summed E-state index contributed by atoms with van der Waals surface area (Å²) in [7, 11) is 1.57. The maximum Gasteiger partial charge on any atom is 0.262 e. The van der Waals surface area contributed by atoms with Crippen molar-refractivity contribution in [3.05, 3.63) is 82.9 Å². The van der Waals surface area contributed by atoms with Crippen LogP contribution in [0, 0.1) is 20.8 Å². The molecule has 1 amide bonds. The van der Waals surface area contributed by atoms with Crippen molar-refractivity contribution in [1.82, 2.24) is 0 Å². The fraction of sp³-hybridized carbons (Fsp3) is 0.200. The summed E-state index contributed by atoms with van der Waals surface area (Å²) in [6.45, 7) is 5.96. The molecule has 30 heavy (non-hydrogen) atoms. The maximum atomic E-state index is 12.2. The Labute approximate surface area is 177 Å². The van der Waals surface area contributed by atoms with E-state index in [1.807, 2.05) is 62.4 Å². The van der Waals surface area contributed by atoms with Gasteiger partial charge in [0.25, 0.3) is 5.91 Å². The lowest BCUT2D eigenvalue weighted by atomic mass is 10.1. The Bertz CT molecular complexity index is 1070. The molecule has 0 bridgehead atoms. The number of rotatable bonds is 7. The van der Waals surface area contributed by atoms with Crippen LogP contribution in [0.3, 0.4) is 0 Å². The zero-order valence-electron chi connectivity index (χ0n) is 17.7. The van der Waals surface area contributed by atoms with Gasteiger partial charge in [-0.1, -0.05) is 29.8 Å². The van der Waals surface area contributed by atoms with Gasteiger partial charge in [0.2, 0.25) is 0 Å². The van der Waals surface area contributed by atoms with Gasteiger partial charge in [-0.05, 0) is 73.9 Å². The zero-order chi connectivity index (χ0) is 21.5. The molecule has 3 aromatic carbocycles. The molecule has 0 spiro atoms. The van der Waals surface area contributed by atoms with E-state index in [1.54, 1.807) is 19.4 Å². The Morgan fingerprint density at radius 1 is 0.967 bits per heavy atom. The molecule has 0 saturated heterocycles. The van der Waals surface area contributed by atoms with Crippen LogP contribution in [0.15, 0.2) is 65.7 Å². The molecule has 0 saturated carbocycles. The molecular weight excluding hydrogens is 376 g/mol. The van der Waals surface area contributed by atoms with Gasteiger partial charge in [0.05, 0.1) is 12.8 Å². The van der Waals surface area contributed by atoms with Crippen molar-refractivity contribution in [2.75, 3.05) is 19.0 Å². The van der Waals surface area contributed by atoms with E-state index in [0.29, 0.717) is 11.5 Å². The molecule has 5 nitrogen and oxygen atoms in total. The molecule has 0 aliphatic rings. The van der Waals surface area contributed by atoms with Crippen LogP contribution < -0.4 is 14.8 Å². The first kappa shape index (κ1) is 21.1. The van der Waals surface area contributed by atoms with Crippen LogP contribution in [-0.4, -0.2) is 25.8 Å². The van der Waals surface area contributed by atoms with Gasteiger partial charge in [0.15, 0.2) is 18.1 Å². The van der Waals surface area contributed by atoms with E-state index in [4.69, 9.17) is 9.47 Å². The van der Waals surface area contributed by atoms with Crippen molar-refractivity contribution >= 4 is 23.5 Å². The molecule has 0 fully saturated rings. The third-order valence-electron chi connectivity index (χ3n) is 4.55. The summed E-state index contributed by atoms with van der Waals surface area (Å²) in [5, 5.41) is 2.82. The minimum absolute atomic E-state index is 0.111. The maximum absolute atomic E-state index is 12.2. The lowest BCUT2D eigenvalue weighted by Gasteiger charge is -2.12. The second-order valence-electron chi connectivity index (χ2n) is 7.16. The lowest BCUT2D eigenvalue weighted by Crippen LogP contribution is -2.20. The molecule has 0 radical (unpaired) electrons. The van der Waals surface area contributed by atoms with Crippen LogP contribution in [0.25, 0.3) is 0 Å². The molecular formula is C25H26N2O3. The van der Waals surface area contributed by atoms with Gasteiger partial charge in [0.1, 0.15) is 0 Å². The molecule has 154 valence electrons. The highest BCUT2D eigenvalue weighted by molar-refractivity contribution is 5.92. The molecule has 5 heteroatoms. The second kappa shape index (κ2) is 9.74. The van der Waals surface area contributed by atoms with Gasteiger partial charge in [-0.25, -0.2) is 0 Å². The highest BCUT2D eigenvalue weighted by Gasteiger charge is 2.09. The third kappa shape index (κ3) is 5.70. The number of hydrogen-bond acceptors (Lipinski definition) is 4. The first-order valence-electron chi connectivity index (χ1n) is 9.73. The van der Waals surface area contributed by atoms with E-state index in [0.717, 1.165) is 28.1 Å². The minimum Gasteiger partial charge on any atom is -0.493 e. The molecule has 3 rings (SSSR count). The average Bonchev–Trinajstić information content (AvgIpc) is 2.72. The highest BCUT2D eigenvalue weighted by Crippen LogP contribution is 2.28. The summed E-state index contributed by atoms with van der Waals surface area (Å²) >= 11 is 0. The van der Waals surface area contributed by atoms with Crippen molar-refractivity contribution in [1.29, 1.82) is 0 Å². The van der Waals surface area contributed by atoms with Crippen molar-refractivity contribution < 1.29 is 14.3 Å². The van der Waals surface area contributed by atoms with Crippen LogP contribution >= 0.6 is 0 Å². The number of benzene rings is 3. The van der Waals surface area contributed by atoms with Gasteiger partial charge in [0, 0.05) is 11.9 Å². The van der Waals surface area contributed by atoms with Gasteiger partial charge in [-0.15, -0.1) is 0 Å². The third-order valence-corrected chi connectivity index (χ3v) is 4.55. The Kier molecular flexibility index (Phi) is 6.86. The normalized spacial score (nSPS) is 10.8. The van der Waals surface area contributed by atoms with E-state index < -0.39 is 0 Å². The smallest absolute Gasteiger partial charge is 0.262 e. The van der Waals surface area contributed by atoms with E-state index in [-0.39, 0.29) is 12.5 Å². The first-order valence-corrected chi connectivity index (χ1v) is 9.73. The monoisotopic (exact) mass is 402 g/mol.